The van der Waals surface area contributed by atoms with Gasteiger partial charge in [0.2, 0.25) is 0 Å². The highest BCUT2D eigenvalue weighted by molar-refractivity contribution is 5.97. The Hall–Kier alpha value is -4.95. The zero-order chi connectivity index (χ0) is 27.6. The molecule has 11 nitrogen and oxygen atoms in total. The Kier molecular flexibility index (Phi) is 6.87. The van der Waals surface area contributed by atoms with Gasteiger partial charge >= 0.3 is 5.69 Å². The molecule has 1 amide bonds. The molecule has 0 bridgehead atoms. The fraction of sp³-hybridized carbons (Fsp3) is 0.250. The van der Waals surface area contributed by atoms with Crippen LogP contribution in [0.25, 0.3) is 16.9 Å². The molecule has 1 saturated heterocycles. The lowest BCUT2D eigenvalue weighted by molar-refractivity contribution is -0.118. The first-order valence-corrected chi connectivity index (χ1v) is 12.3. The molecule has 1 fully saturated rings. The number of nitrogens with two attached hydrogens (primary N) is 1. The molecule has 0 unspecified atom stereocenters. The molecule has 39 heavy (non-hydrogen) atoms. The predicted molar refractivity (Wildman–Crippen MR) is 144 cm³/mol. The predicted octanol–water partition coefficient (Wildman–Crippen LogP) is 2.95. The molecular weight excluding hydrogens is 498 g/mol. The highest BCUT2D eigenvalue weighted by atomic mass is 16.5. The Balaban J connectivity index is 1.42. The van der Waals surface area contributed by atoms with Crippen LogP contribution in [0.3, 0.4) is 0 Å². The van der Waals surface area contributed by atoms with Gasteiger partial charge in [-0.1, -0.05) is 31.2 Å². The van der Waals surface area contributed by atoms with Gasteiger partial charge in [-0.15, -0.1) is 0 Å². The number of aromatic nitrogens is 4. The Morgan fingerprint density at radius 3 is 2.54 bits per heavy atom. The van der Waals surface area contributed by atoms with Gasteiger partial charge in [0.25, 0.3) is 5.91 Å². The Labute approximate surface area is 224 Å². The first-order chi connectivity index (χ1) is 18.8. The van der Waals surface area contributed by atoms with Gasteiger partial charge in [0, 0.05) is 18.0 Å². The van der Waals surface area contributed by atoms with Crippen LogP contribution in [-0.4, -0.2) is 44.3 Å². The van der Waals surface area contributed by atoms with E-state index in [9.17, 15) is 14.9 Å². The molecule has 4 aromatic rings. The fourth-order valence-electron chi connectivity index (χ4n) is 4.42. The van der Waals surface area contributed by atoms with Crippen LogP contribution < -0.4 is 21.5 Å². The van der Waals surface area contributed by atoms with Crippen molar-refractivity contribution in [3.8, 4) is 23.3 Å². The van der Waals surface area contributed by atoms with Crippen molar-refractivity contribution < 1.29 is 14.3 Å². The molecule has 1 aliphatic rings. The average molecular weight is 526 g/mol. The van der Waals surface area contributed by atoms with E-state index in [1.165, 1.54) is 15.5 Å². The van der Waals surface area contributed by atoms with Crippen LogP contribution >= 0.6 is 0 Å². The summed E-state index contributed by atoms with van der Waals surface area (Å²) in [6, 6.07) is 17.8. The van der Waals surface area contributed by atoms with Gasteiger partial charge in [-0.05, 0) is 43.3 Å². The van der Waals surface area contributed by atoms with E-state index >= 15 is 0 Å². The summed E-state index contributed by atoms with van der Waals surface area (Å²) < 4.78 is 13.9. The van der Waals surface area contributed by atoms with Crippen molar-refractivity contribution in [2.24, 2.45) is 5.41 Å². The summed E-state index contributed by atoms with van der Waals surface area (Å²) in [5.74, 6) is 0.920. The minimum atomic E-state index is -0.516. The Morgan fingerprint density at radius 2 is 1.90 bits per heavy atom. The zero-order valence-corrected chi connectivity index (χ0v) is 21.5. The quantitative estimate of drug-likeness (QED) is 0.263. The molecule has 3 heterocycles. The van der Waals surface area contributed by atoms with Gasteiger partial charge in [-0.3, -0.25) is 13.9 Å². The number of carbonyl (C=O) groups is 1. The second-order valence-electron chi connectivity index (χ2n) is 9.76. The van der Waals surface area contributed by atoms with Crippen molar-refractivity contribution in [2.75, 3.05) is 18.9 Å². The Morgan fingerprint density at radius 1 is 1.21 bits per heavy atom. The molecule has 5 rings (SSSR count). The van der Waals surface area contributed by atoms with E-state index in [1.807, 2.05) is 43.3 Å². The number of nitriles is 1. The van der Waals surface area contributed by atoms with Crippen LogP contribution in [0.1, 0.15) is 13.8 Å². The number of benzene rings is 2. The second-order valence-corrected chi connectivity index (χ2v) is 9.76. The molecule has 1 aliphatic heterocycles. The fourth-order valence-corrected chi connectivity index (χ4v) is 4.42. The minimum absolute atomic E-state index is 0.00630. The summed E-state index contributed by atoms with van der Waals surface area (Å²) in [6.07, 6.45) is 2.92. The van der Waals surface area contributed by atoms with E-state index in [1.54, 1.807) is 37.3 Å². The van der Waals surface area contributed by atoms with Crippen LogP contribution in [0.15, 0.2) is 77.4 Å². The van der Waals surface area contributed by atoms with Gasteiger partial charge < -0.3 is 20.5 Å². The van der Waals surface area contributed by atoms with Crippen LogP contribution in [0, 0.1) is 16.7 Å². The van der Waals surface area contributed by atoms with Crippen LogP contribution in [0.4, 0.5) is 5.82 Å². The lowest BCUT2D eigenvalue weighted by atomic mass is 9.86. The van der Waals surface area contributed by atoms with Gasteiger partial charge in [0.15, 0.2) is 11.5 Å². The molecule has 198 valence electrons. The number of nitrogen functional groups attached to an aromatic ring is 1. The van der Waals surface area contributed by atoms with Crippen LogP contribution in [0.2, 0.25) is 0 Å². The first-order valence-electron chi connectivity index (χ1n) is 12.3. The normalized spacial score (nSPS) is 15.3. The number of anilines is 1. The average Bonchev–Trinajstić information content (AvgIpc) is 3.19. The van der Waals surface area contributed by atoms with Crippen molar-refractivity contribution in [3.05, 3.63) is 83.1 Å². The van der Waals surface area contributed by atoms with Crippen molar-refractivity contribution in [1.29, 1.82) is 5.26 Å². The number of para-hydroxylation sites is 1. The monoisotopic (exact) mass is 525 g/mol. The maximum atomic E-state index is 13.6. The Bertz CT molecular complexity index is 1650. The van der Waals surface area contributed by atoms with Gasteiger partial charge in [-0.25, -0.2) is 14.8 Å². The van der Waals surface area contributed by atoms with E-state index in [4.69, 9.17) is 15.2 Å². The zero-order valence-electron chi connectivity index (χ0n) is 21.5. The number of fused-ring (bicyclic) bond motifs is 1. The number of hydrogen-bond acceptors (Lipinski definition) is 8. The van der Waals surface area contributed by atoms with E-state index in [0.717, 1.165) is 0 Å². The third-order valence-electron chi connectivity index (χ3n) is 6.36. The molecule has 0 radical (unpaired) electrons. The first kappa shape index (κ1) is 25.7. The maximum absolute atomic E-state index is 13.6. The number of imidazole rings is 1. The molecule has 0 aliphatic carbocycles. The van der Waals surface area contributed by atoms with E-state index in [-0.39, 0.29) is 23.4 Å². The minimum Gasteiger partial charge on any atom is -0.457 e. The van der Waals surface area contributed by atoms with Gasteiger partial charge in [0.05, 0.1) is 18.9 Å². The van der Waals surface area contributed by atoms with Crippen molar-refractivity contribution >= 4 is 22.9 Å². The number of amides is 1. The topological polar surface area (TPSA) is 150 Å². The van der Waals surface area contributed by atoms with E-state index in [2.05, 4.69) is 15.3 Å². The largest absolute Gasteiger partial charge is 0.457 e. The molecule has 1 atom stereocenters. The summed E-state index contributed by atoms with van der Waals surface area (Å²) in [7, 11) is 0. The van der Waals surface area contributed by atoms with Crippen molar-refractivity contribution in [3.63, 3.8) is 0 Å². The highest BCUT2D eigenvalue weighted by Gasteiger charge is 2.33. The summed E-state index contributed by atoms with van der Waals surface area (Å²) >= 11 is 0. The highest BCUT2D eigenvalue weighted by Crippen LogP contribution is 2.29. The van der Waals surface area contributed by atoms with Crippen molar-refractivity contribution in [2.45, 2.75) is 26.4 Å². The van der Waals surface area contributed by atoms with Crippen LogP contribution in [-0.2, 0) is 16.1 Å². The molecule has 0 saturated carbocycles. The summed E-state index contributed by atoms with van der Waals surface area (Å²) in [6.45, 7) is 4.67. The number of ether oxygens (including phenoxy) is 2. The number of rotatable bonds is 8. The summed E-state index contributed by atoms with van der Waals surface area (Å²) in [4.78, 5) is 34.8. The van der Waals surface area contributed by atoms with E-state index in [0.29, 0.717) is 41.6 Å². The number of hydrogen-bond donors (Lipinski definition) is 2. The van der Waals surface area contributed by atoms with Gasteiger partial charge in [-0.2, -0.15) is 5.26 Å². The molecule has 0 spiro atoms. The SMILES string of the molecule is C[C@@H](Cn1c(=O)n(-c2ccc(Oc3ccccc3)cc2)c2c(N)ncnc21)NC(=O)C(C#N)=CC1(C)COC1. The van der Waals surface area contributed by atoms with Gasteiger partial charge in [0.1, 0.15) is 35.0 Å². The third kappa shape index (κ3) is 5.23. The maximum Gasteiger partial charge on any atom is 0.335 e. The van der Waals surface area contributed by atoms with E-state index < -0.39 is 17.6 Å². The smallest absolute Gasteiger partial charge is 0.335 e. The lowest BCUT2D eigenvalue weighted by Gasteiger charge is -2.35. The standard InChI is InChI=1S/C28H27N7O4/c1-18(33-26(36)19(13-29)12-28(2)15-38-16-28)14-34-25-23(24(30)31-17-32-25)35(27(34)37)20-8-10-22(11-9-20)39-21-6-4-3-5-7-21/h3-12,17-18H,14-16H2,1-2H3,(H,33,36)(H2,30,31,32)/t18-/m0/s1. The number of nitrogens with zero attached hydrogens (tertiary/aromatic N) is 5. The summed E-state index contributed by atoms with van der Waals surface area (Å²) in [5, 5.41) is 12.3. The third-order valence-corrected chi connectivity index (χ3v) is 6.36. The number of nitrogens with one attached hydrogen (secondary N) is 1. The van der Waals surface area contributed by atoms with Crippen molar-refractivity contribution in [1.82, 2.24) is 24.4 Å². The number of carbonyl (C=O) groups excluding carboxylic acids is 1. The molecule has 2 aromatic heterocycles. The second kappa shape index (κ2) is 10.4. The summed E-state index contributed by atoms with van der Waals surface area (Å²) in [5.41, 5.74) is 6.68. The molecule has 3 N–H and O–H groups in total. The molecular formula is C28H27N7O4. The molecule has 2 aromatic carbocycles. The lowest BCUT2D eigenvalue weighted by Crippen LogP contribution is -2.41. The molecule has 11 heteroatoms. The van der Waals surface area contributed by atoms with Crippen LogP contribution in [0.5, 0.6) is 11.5 Å².